The fourth-order valence-electron chi connectivity index (χ4n) is 2.43. The van der Waals surface area contributed by atoms with Gasteiger partial charge in [-0.2, -0.15) is 0 Å². The van der Waals surface area contributed by atoms with Crippen molar-refractivity contribution in [1.82, 2.24) is 4.90 Å². The van der Waals surface area contributed by atoms with E-state index in [9.17, 15) is 14.0 Å². The molecule has 2 rings (SSSR count). The van der Waals surface area contributed by atoms with Crippen LogP contribution in [0.25, 0.3) is 0 Å². The van der Waals surface area contributed by atoms with Gasteiger partial charge in [-0.3, -0.25) is 9.59 Å². The number of carbonyl (C=O) groups excluding carboxylic acids is 1. The van der Waals surface area contributed by atoms with Crippen molar-refractivity contribution in [2.24, 2.45) is 5.92 Å². The summed E-state index contributed by atoms with van der Waals surface area (Å²) in [4.78, 5) is 24.8. The molecule has 1 aliphatic heterocycles. The van der Waals surface area contributed by atoms with E-state index in [0.717, 1.165) is 0 Å². The third-order valence-corrected chi connectivity index (χ3v) is 3.54. The van der Waals surface area contributed by atoms with Crippen molar-refractivity contribution in [1.29, 1.82) is 0 Å². The molecule has 0 radical (unpaired) electrons. The lowest BCUT2D eigenvalue weighted by molar-refractivity contribution is -0.147. The molecule has 2 atom stereocenters. The van der Waals surface area contributed by atoms with Gasteiger partial charge >= 0.3 is 5.97 Å². The quantitative estimate of drug-likeness (QED) is 0.921. The second kappa shape index (κ2) is 6.56. The number of piperidine rings is 1. The highest BCUT2D eigenvalue weighted by Gasteiger charge is 2.30. The predicted octanol–water partition coefficient (Wildman–Crippen LogP) is 1.92. The normalized spacial score (nSPS) is 19.9. The van der Waals surface area contributed by atoms with Crippen LogP contribution in [0.15, 0.2) is 24.3 Å². The summed E-state index contributed by atoms with van der Waals surface area (Å²) in [5, 5.41) is 9.03. The Hall–Kier alpha value is -2.11. The average molecular weight is 295 g/mol. The SMILES string of the molecule is C[C@H](Oc1cccc(F)c1)C(=O)N1CCC[C@@H](C(=O)O)C1. The van der Waals surface area contributed by atoms with Gasteiger partial charge in [-0.15, -0.1) is 0 Å². The first kappa shape index (κ1) is 15.3. The molecule has 1 aromatic rings. The number of halogens is 1. The summed E-state index contributed by atoms with van der Waals surface area (Å²) < 4.78 is 18.5. The summed E-state index contributed by atoms with van der Waals surface area (Å²) in [5.74, 6) is -1.83. The standard InChI is InChI=1S/C15H18FNO4/c1-10(21-13-6-2-5-12(16)8-13)14(18)17-7-3-4-11(9-17)15(19)20/h2,5-6,8,10-11H,3-4,7,9H2,1H3,(H,19,20)/t10-,11+/m0/s1. The Kier molecular flexibility index (Phi) is 4.77. The Balaban J connectivity index is 1.97. The van der Waals surface area contributed by atoms with Gasteiger partial charge in [0.25, 0.3) is 5.91 Å². The molecule has 1 amide bonds. The molecule has 1 heterocycles. The number of rotatable bonds is 4. The second-order valence-corrected chi connectivity index (χ2v) is 5.18. The molecule has 0 aromatic heterocycles. The van der Waals surface area contributed by atoms with E-state index < -0.39 is 23.8 Å². The number of carboxylic acids is 1. The van der Waals surface area contributed by atoms with Gasteiger partial charge in [0.05, 0.1) is 5.92 Å². The Morgan fingerprint density at radius 3 is 2.90 bits per heavy atom. The van der Waals surface area contributed by atoms with E-state index in [0.29, 0.717) is 19.4 Å². The lowest BCUT2D eigenvalue weighted by atomic mass is 9.98. The van der Waals surface area contributed by atoms with Gasteiger partial charge in [-0.1, -0.05) is 6.07 Å². The first-order valence-electron chi connectivity index (χ1n) is 6.91. The maximum absolute atomic E-state index is 13.1. The van der Waals surface area contributed by atoms with Crippen molar-refractivity contribution in [3.05, 3.63) is 30.1 Å². The smallest absolute Gasteiger partial charge is 0.308 e. The Bertz CT molecular complexity index is 534. The minimum Gasteiger partial charge on any atom is -0.481 e. The van der Waals surface area contributed by atoms with Gasteiger partial charge < -0.3 is 14.7 Å². The topological polar surface area (TPSA) is 66.8 Å². The lowest BCUT2D eigenvalue weighted by Gasteiger charge is -2.32. The second-order valence-electron chi connectivity index (χ2n) is 5.18. The predicted molar refractivity (Wildman–Crippen MR) is 73.4 cm³/mol. The summed E-state index contributed by atoms with van der Waals surface area (Å²) in [6, 6.07) is 5.58. The van der Waals surface area contributed by atoms with Crippen LogP contribution in [0.2, 0.25) is 0 Å². The van der Waals surface area contributed by atoms with Crippen molar-refractivity contribution in [3.8, 4) is 5.75 Å². The molecule has 5 nitrogen and oxygen atoms in total. The van der Waals surface area contributed by atoms with E-state index in [4.69, 9.17) is 9.84 Å². The maximum atomic E-state index is 13.1. The van der Waals surface area contributed by atoms with Gasteiger partial charge in [0.2, 0.25) is 0 Å². The third-order valence-electron chi connectivity index (χ3n) is 3.54. The summed E-state index contributed by atoms with van der Waals surface area (Å²) in [6.07, 6.45) is 0.465. The average Bonchev–Trinajstić information content (AvgIpc) is 2.46. The first-order chi connectivity index (χ1) is 9.97. The van der Waals surface area contributed by atoms with Crippen molar-refractivity contribution in [2.45, 2.75) is 25.9 Å². The fourth-order valence-corrected chi connectivity index (χ4v) is 2.43. The van der Waals surface area contributed by atoms with E-state index in [1.54, 1.807) is 13.0 Å². The maximum Gasteiger partial charge on any atom is 0.308 e. The van der Waals surface area contributed by atoms with Crippen molar-refractivity contribution >= 4 is 11.9 Å². The van der Waals surface area contributed by atoms with Crippen LogP contribution in [0.5, 0.6) is 5.75 Å². The number of carboxylic acid groups (broad SMARTS) is 1. The van der Waals surface area contributed by atoms with Crippen molar-refractivity contribution in [2.75, 3.05) is 13.1 Å². The minimum absolute atomic E-state index is 0.199. The zero-order valence-corrected chi connectivity index (χ0v) is 11.8. The molecule has 0 aliphatic carbocycles. The lowest BCUT2D eigenvalue weighted by Crippen LogP contribution is -2.47. The van der Waals surface area contributed by atoms with Gasteiger partial charge in [-0.05, 0) is 31.9 Å². The van der Waals surface area contributed by atoms with Crippen LogP contribution in [0, 0.1) is 11.7 Å². The van der Waals surface area contributed by atoms with E-state index in [1.807, 2.05) is 0 Å². The number of nitrogens with zero attached hydrogens (tertiary/aromatic N) is 1. The van der Waals surface area contributed by atoms with E-state index in [-0.39, 0.29) is 18.2 Å². The van der Waals surface area contributed by atoms with Crippen molar-refractivity contribution in [3.63, 3.8) is 0 Å². The van der Waals surface area contributed by atoms with Crippen LogP contribution in [0.3, 0.4) is 0 Å². The van der Waals surface area contributed by atoms with Crippen LogP contribution in [0.4, 0.5) is 4.39 Å². The molecule has 1 N–H and O–H groups in total. The third kappa shape index (κ3) is 3.93. The summed E-state index contributed by atoms with van der Waals surface area (Å²) in [7, 11) is 0. The highest BCUT2D eigenvalue weighted by atomic mass is 19.1. The summed E-state index contributed by atoms with van der Waals surface area (Å²) in [6.45, 7) is 2.31. The molecule has 0 spiro atoms. The highest BCUT2D eigenvalue weighted by Crippen LogP contribution is 2.19. The van der Waals surface area contributed by atoms with Crippen LogP contribution in [0.1, 0.15) is 19.8 Å². The molecule has 1 aromatic carbocycles. The number of likely N-dealkylation sites (tertiary alicyclic amines) is 1. The van der Waals surface area contributed by atoms with Crippen LogP contribution < -0.4 is 4.74 Å². The summed E-state index contributed by atoms with van der Waals surface area (Å²) in [5.41, 5.74) is 0. The van der Waals surface area contributed by atoms with Crippen molar-refractivity contribution < 1.29 is 23.8 Å². The van der Waals surface area contributed by atoms with Crippen LogP contribution in [-0.4, -0.2) is 41.1 Å². The monoisotopic (exact) mass is 295 g/mol. The molecule has 0 unspecified atom stereocenters. The Morgan fingerprint density at radius 2 is 2.24 bits per heavy atom. The minimum atomic E-state index is -0.883. The molecular weight excluding hydrogens is 277 g/mol. The molecule has 114 valence electrons. The molecule has 1 fully saturated rings. The largest absolute Gasteiger partial charge is 0.481 e. The Morgan fingerprint density at radius 1 is 1.48 bits per heavy atom. The van der Waals surface area contributed by atoms with E-state index in [2.05, 4.69) is 0 Å². The van der Waals surface area contributed by atoms with Gasteiger partial charge in [0.15, 0.2) is 6.10 Å². The number of ether oxygens (including phenoxy) is 1. The highest BCUT2D eigenvalue weighted by molar-refractivity contribution is 5.82. The zero-order chi connectivity index (χ0) is 15.4. The number of benzene rings is 1. The fraction of sp³-hybridized carbons (Fsp3) is 0.467. The van der Waals surface area contributed by atoms with Gasteiger partial charge in [-0.25, -0.2) is 4.39 Å². The molecular formula is C15H18FNO4. The van der Waals surface area contributed by atoms with Crippen LogP contribution >= 0.6 is 0 Å². The molecule has 6 heteroatoms. The number of hydrogen-bond donors (Lipinski definition) is 1. The van der Waals surface area contributed by atoms with Gasteiger partial charge in [0, 0.05) is 19.2 Å². The number of carbonyl (C=O) groups is 2. The molecule has 0 saturated carbocycles. The number of amides is 1. The molecule has 1 saturated heterocycles. The molecule has 1 aliphatic rings. The molecule has 0 bridgehead atoms. The Labute approximate surface area is 122 Å². The van der Waals surface area contributed by atoms with E-state index >= 15 is 0 Å². The summed E-state index contributed by atoms with van der Waals surface area (Å²) >= 11 is 0. The zero-order valence-electron chi connectivity index (χ0n) is 11.8. The number of hydrogen-bond acceptors (Lipinski definition) is 3. The first-order valence-corrected chi connectivity index (χ1v) is 6.91. The number of aliphatic carboxylic acids is 1. The van der Waals surface area contributed by atoms with Crippen LogP contribution in [-0.2, 0) is 9.59 Å². The van der Waals surface area contributed by atoms with Gasteiger partial charge in [0.1, 0.15) is 11.6 Å². The molecule has 21 heavy (non-hydrogen) atoms. The van der Waals surface area contributed by atoms with E-state index in [1.165, 1.54) is 23.1 Å².